The third kappa shape index (κ3) is 5.59. The van der Waals surface area contributed by atoms with Gasteiger partial charge >= 0.3 is 0 Å². The Morgan fingerprint density at radius 3 is 2.19 bits per heavy atom. The van der Waals surface area contributed by atoms with Crippen molar-refractivity contribution >= 4 is 16.7 Å². The molecule has 0 aliphatic rings. The SMILES string of the molecule is CC(C)CC(CO)NC(=O)c1ccc(S(=O)C(C)C)cc1. The summed E-state index contributed by atoms with van der Waals surface area (Å²) in [5, 5.41) is 12.2. The van der Waals surface area contributed by atoms with Gasteiger partial charge in [0.2, 0.25) is 0 Å². The third-order valence-electron chi connectivity index (χ3n) is 3.09. The number of rotatable bonds is 7. The fourth-order valence-corrected chi connectivity index (χ4v) is 2.98. The van der Waals surface area contributed by atoms with Gasteiger partial charge in [-0.2, -0.15) is 0 Å². The molecule has 0 heterocycles. The molecule has 1 aromatic rings. The minimum atomic E-state index is -1.05. The summed E-state index contributed by atoms with van der Waals surface area (Å²) in [6.45, 7) is 7.82. The Morgan fingerprint density at radius 1 is 1.19 bits per heavy atom. The van der Waals surface area contributed by atoms with E-state index in [1.54, 1.807) is 24.3 Å². The summed E-state index contributed by atoms with van der Waals surface area (Å²) >= 11 is 0. The molecule has 21 heavy (non-hydrogen) atoms. The molecule has 1 aromatic carbocycles. The first kappa shape index (κ1) is 17.9. The monoisotopic (exact) mass is 311 g/mol. The summed E-state index contributed by atoms with van der Waals surface area (Å²) in [7, 11) is -1.05. The maximum atomic E-state index is 12.1. The van der Waals surface area contributed by atoms with Gasteiger partial charge in [-0.05, 0) is 36.6 Å². The number of nitrogens with one attached hydrogen (secondary N) is 1. The van der Waals surface area contributed by atoms with Crippen LogP contribution in [-0.4, -0.2) is 33.1 Å². The molecular weight excluding hydrogens is 286 g/mol. The normalized spacial score (nSPS) is 14.2. The lowest BCUT2D eigenvalue weighted by atomic mass is 10.0. The van der Waals surface area contributed by atoms with Gasteiger partial charge in [-0.25, -0.2) is 0 Å². The molecule has 0 radical (unpaired) electrons. The van der Waals surface area contributed by atoms with E-state index in [2.05, 4.69) is 5.32 Å². The fraction of sp³-hybridized carbons (Fsp3) is 0.562. The van der Waals surface area contributed by atoms with E-state index in [0.717, 1.165) is 11.3 Å². The van der Waals surface area contributed by atoms with Gasteiger partial charge in [0.15, 0.2) is 0 Å². The van der Waals surface area contributed by atoms with Gasteiger partial charge in [0.1, 0.15) is 0 Å². The number of amides is 1. The summed E-state index contributed by atoms with van der Waals surface area (Å²) in [6.07, 6.45) is 0.734. The van der Waals surface area contributed by atoms with E-state index in [-0.39, 0.29) is 23.8 Å². The number of carbonyl (C=O) groups is 1. The zero-order valence-electron chi connectivity index (χ0n) is 13.1. The van der Waals surface area contributed by atoms with Crippen molar-refractivity contribution < 1.29 is 14.1 Å². The zero-order chi connectivity index (χ0) is 16.0. The van der Waals surface area contributed by atoms with Crippen LogP contribution in [0.4, 0.5) is 0 Å². The van der Waals surface area contributed by atoms with Crippen LogP contribution in [0.3, 0.4) is 0 Å². The van der Waals surface area contributed by atoms with Crippen LogP contribution in [0.25, 0.3) is 0 Å². The molecule has 0 aliphatic carbocycles. The summed E-state index contributed by atoms with van der Waals surface area (Å²) in [6, 6.07) is 6.56. The van der Waals surface area contributed by atoms with Gasteiger partial charge in [0, 0.05) is 15.7 Å². The second kappa shape index (κ2) is 8.29. The predicted molar refractivity (Wildman–Crippen MR) is 85.8 cm³/mol. The van der Waals surface area contributed by atoms with E-state index in [4.69, 9.17) is 0 Å². The highest BCUT2D eigenvalue weighted by molar-refractivity contribution is 7.85. The van der Waals surface area contributed by atoms with Crippen LogP contribution in [0.15, 0.2) is 29.2 Å². The van der Waals surface area contributed by atoms with Gasteiger partial charge in [0.25, 0.3) is 5.91 Å². The molecule has 0 bridgehead atoms. The van der Waals surface area contributed by atoms with Gasteiger partial charge in [-0.1, -0.05) is 27.7 Å². The molecule has 0 fully saturated rings. The van der Waals surface area contributed by atoms with Crippen molar-refractivity contribution in [1.29, 1.82) is 0 Å². The Balaban J connectivity index is 2.73. The lowest BCUT2D eigenvalue weighted by Gasteiger charge is -2.18. The molecule has 2 unspecified atom stereocenters. The lowest BCUT2D eigenvalue weighted by molar-refractivity contribution is 0.0908. The van der Waals surface area contributed by atoms with Crippen LogP contribution in [0.5, 0.6) is 0 Å². The summed E-state index contributed by atoms with van der Waals surface area (Å²) < 4.78 is 11.9. The number of hydrogen-bond acceptors (Lipinski definition) is 3. The molecule has 118 valence electrons. The molecule has 0 spiro atoms. The summed E-state index contributed by atoms with van der Waals surface area (Å²) in [5.41, 5.74) is 0.515. The quantitative estimate of drug-likeness (QED) is 0.812. The molecule has 0 saturated heterocycles. The largest absolute Gasteiger partial charge is 0.394 e. The molecule has 0 aromatic heterocycles. The van der Waals surface area contributed by atoms with E-state index in [1.807, 2.05) is 27.7 Å². The summed E-state index contributed by atoms with van der Waals surface area (Å²) in [4.78, 5) is 12.8. The standard InChI is InChI=1S/C16H25NO3S/c1-11(2)9-14(10-18)17-16(19)13-5-7-15(8-6-13)21(20)12(3)4/h5-8,11-12,14,18H,9-10H2,1-4H3,(H,17,19). The first-order chi connectivity index (χ1) is 9.85. The second-order valence-corrected chi connectivity index (χ2v) is 7.86. The number of hydrogen-bond donors (Lipinski definition) is 2. The highest BCUT2D eigenvalue weighted by Crippen LogP contribution is 2.13. The first-order valence-electron chi connectivity index (χ1n) is 7.27. The van der Waals surface area contributed by atoms with E-state index in [0.29, 0.717) is 11.5 Å². The fourth-order valence-electron chi connectivity index (χ4n) is 2.03. The predicted octanol–water partition coefficient (Wildman–Crippen LogP) is 2.34. The minimum absolute atomic E-state index is 0.0505. The molecule has 2 N–H and O–H groups in total. The van der Waals surface area contributed by atoms with Gasteiger partial charge in [0.05, 0.1) is 23.4 Å². The zero-order valence-corrected chi connectivity index (χ0v) is 13.9. The molecule has 1 amide bonds. The van der Waals surface area contributed by atoms with Crippen LogP contribution in [0.1, 0.15) is 44.5 Å². The van der Waals surface area contributed by atoms with E-state index in [1.165, 1.54) is 0 Å². The first-order valence-corrected chi connectivity index (χ1v) is 8.48. The van der Waals surface area contributed by atoms with Crippen LogP contribution in [0, 0.1) is 5.92 Å². The highest BCUT2D eigenvalue weighted by Gasteiger charge is 2.15. The molecule has 2 atom stereocenters. The Kier molecular flexibility index (Phi) is 7.05. The van der Waals surface area contributed by atoms with E-state index in [9.17, 15) is 14.1 Å². The van der Waals surface area contributed by atoms with Crippen molar-refractivity contribution in [1.82, 2.24) is 5.32 Å². The number of carbonyl (C=O) groups excluding carboxylic acids is 1. The average Bonchev–Trinajstić information content (AvgIpc) is 2.45. The van der Waals surface area contributed by atoms with Crippen LogP contribution >= 0.6 is 0 Å². The molecular formula is C16H25NO3S. The van der Waals surface area contributed by atoms with Crippen LogP contribution in [0.2, 0.25) is 0 Å². The lowest BCUT2D eigenvalue weighted by Crippen LogP contribution is -2.38. The maximum Gasteiger partial charge on any atom is 0.251 e. The smallest absolute Gasteiger partial charge is 0.251 e. The van der Waals surface area contributed by atoms with Gasteiger partial charge < -0.3 is 10.4 Å². The van der Waals surface area contributed by atoms with Crippen LogP contribution in [-0.2, 0) is 10.8 Å². The second-order valence-electron chi connectivity index (χ2n) is 5.85. The number of benzene rings is 1. The molecule has 0 saturated carbocycles. The topological polar surface area (TPSA) is 66.4 Å². The van der Waals surface area contributed by atoms with Gasteiger partial charge in [-0.3, -0.25) is 9.00 Å². The van der Waals surface area contributed by atoms with Crippen molar-refractivity contribution in [3.05, 3.63) is 29.8 Å². The van der Waals surface area contributed by atoms with Crippen LogP contribution < -0.4 is 5.32 Å². The number of aliphatic hydroxyl groups excluding tert-OH is 1. The Morgan fingerprint density at radius 2 is 1.76 bits per heavy atom. The highest BCUT2D eigenvalue weighted by atomic mass is 32.2. The van der Waals surface area contributed by atoms with E-state index >= 15 is 0 Å². The Labute approximate surface area is 129 Å². The van der Waals surface area contributed by atoms with Crippen molar-refractivity contribution in [2.75, 3.05) is 6.61 Å². The number of aliphatic hydroxyl groups is 1. The Hall–Kier alpha value is -1.20. The van der Waals surface area contributed by atoms with Crippen molar-refractivity contribution in [3.8, 4) is 0 Å². The molecule has 5 heteroatoms. The van der Waals surface area contributed by atoms with Crippen molar-refractivity contribution in [2.45, 2.75) is 50.3 Å². The van der Waals surface area contributed by atoms with E-state index < -0.39 is 10.8 Å². The third-order valence-corrected chi connectivity index (χ3v) is 4.68. The molecule has 0 aliphatic heterocycles. The minimum Gasteiger partial charge on any atom is -0.394 e. The van der Waals surface area contributed by atoms with Crippen molar-refractivity contribution in [3.63, 3.8) is 0 Å². The summed E-state index contributed by atoms with van der Waals surface area (Å²) in [5.74, 6) is 0.190. The molecule has 1 rings (SSSR count). The maximum absolute atomic E-state index is 12.1. The van der Waals surface area contributed by atoms with Crippen molar-refractivity contribution in [2.24, 2.45) is 5.92 Å². The Bertz CT molecular complexity index is 483. The molecule has 4 nitrogen and oxygen atoms in total. The van der Waals surface area contributed by atoms with Gasteiger partial charge in [-0.15, -0.1) is 0 Å². The average molecular weight is 311 g/mol.